The summed E-state index contributed by atoms with van der Waals surface area (Å²) in [5.74, 6) is -1.55. The number of pyridine rings is 2. The Labute approximate surface area is 188 Å². The number of benzene rings is 1. The molecule has 9 heteroatoms. The van der Waals surface area contributed by atoms with Crippen LogP contribution < -0.4 is 10.6 Å². The van der Waals surface area contributed by atoms with Gasteiger partial charge in [-0.15, -0.1) is 0 Å². The lowest BCUT2D eigenvalue weighted by molar-refractivity contribution is 0.414. The molecule has 0 saturated carbocycles. The Morgan fingerprint density at radius 1 is 1.03 bits per heavy atom. The van der Waals surface area contributed by atoms with E-state index in [-0.39, 0.29) is 10.6 Å². The monoisotopic (exact) mass is 454 g/mol. The van der Waals surface area contributed by atoms with Gasteiger partial charge in [-0.05, 0) is 43.7 Å². The second-order valence-electron chi connectivity index (χ2n) is 7.89. The van der Waals surface area contributed by atoms with Crippen molar-refractivity contribution in [1.29, 1.82) is 0 Å². The van der Waals surface area contributed by atoms with Crippen LogP contribution in [0.3, 0.4) is 0 Å². The summed E-state index contributed by atoms with van der Waals surface area (Å²) in [6, 6.07) is 8.06. The summed E-state index contributed by atoms with van der Waals surface area (Å²) in [5.41, 5.74) is 4.01. The number of aromatic nitrogens is 4. The van der Waals surface area contributed by atoms with Gasteiger partial charge in [0.15, 0.2) is 0 Å². The third-order valence-corrected chi connectivity index (χ3v) is 5.99. The molecule has 164 valence electrons. The summed E-state index contributed by atoms with van der Waals surface area (Å²) < 4.78 is 28.0. The molecule has 0 radical (unpaired) electrons. The zero-order valence-corrected chi connectivity index (χ0v) is 17.9. The van der Waals surface area contributed by atoms with Gasteiger partial charge >= 0.3 is 0 Å². The molecule has 0 unspecified atom stereocenters. The van der Waals surface area contributed by atoms with E-state index in [1.54, 1.807) is 18.5 Å². The molecule has 0 aliphatic carbocycles. The van der Waals surface area contributed by atoms with Gasteiger partial charge in [-0.3, -0.25) is 10.1 Å². The smallest absolute Gasteiger partial charge is 0.144 e. The highest BCUT2D eigenvalue weighted by Gasteiger charge is 2.18. The number of aromatic amines is 1. The van der Waals surface area contributed by atoms with Gasteiger partial charge in [0.2, 0.25) is 0 Å². The highest BCUT2D eigenvalue weighted by Crippen LogP contribution is 2.34. The average molecular weight is 455 g/mol. The van der Waals surface area contributed by atoms with Crippen LogP contribution >= 0.6 is 11.6 Å². The number of hydrogen-bond acceptors (Lipinski definition) is 5. The minimum Gasteiger partial charge on any atom is -0.382 e. The number of piperidine rings is 1. The zero-order chi connectivity index (χ0) is 22.1. The molecule has 1 aliphatic heterocycles. The fourth-order valence-electron chi connectivity index (χ4n) is 3.99. The first kappa shape index (κ1) is 20.8. The summed E-state index contributed by atoms with van der Waals surface area (Å²) in [6.45, 7) is 1.88. The lowest BCUT2D eigenvalue weighted by Crippen LogP contribution is -2.39. The minimum absolute atomic E-state index is 0.124. The van der Waals surface area contributed by atoms with Crippen molar-refractivity contribution >= 4 is 28.3 Å². The fraction of sp³-hybridized carbons (Fsp3) is 0.261. The van der Waals surface area contributed by atoms with Gasteiger partial charge in [0.25, 0.3) is 0 Å². The Morgan fingerprint density at radius 3 is 2.78 bits per heavy atom. The number of nitrogens with one attached hydrogen (secondary N) is 3. The maximum absolute atomic E-state index is 14.4. The maximum atomic E-state index is 14.4. The summed E-state index contributed by atoms with van der Waals surface area (Å²) >= 11 is 5.87. The molecule has 1 aliphatic rings. The van der Waals surface area contributed by atoms with Crippen molar-refractivity contribution in [2.24, 2.45) is 0 Å². The van der Waals surface area contributed by atoms with Crippen LogP contribution in [-0.4, -0.2) is 39.3 Å². The molecule has 1 saturated heterocycles. The number of fused-ring (bicyclic) bond motifs is 1. The van der Waals surface area contributed by atoms with Gasteiger partial charge in [-0.25, -0.2) is 13.8 Å². The van der Waals surface area contributed by atoms with Gasteiger partial charge < -0.3 is 10.6 Å². The molecular formula is C23H21ClF2N6. The Hall–Kier alpha value is -3.10. The van der Waals surface area contributed by atoms with Gasteiger partial charge in [-0.2, -0.15) is 5.10 Å². The summed E-state index contributed by atoms with van der Waals surface area (Å²) in [6.07, 6.45) is 6.98. The zero-order valence-electron chi connectivity index (χ0n) is 17.1. The Morgan fingerprint density at radius 2 is 1.94 bits per heavy atom. The van der Waals surface area contributed by atoms with Crippen LogP contribution in [0, 0.1) is 11.6 Å². The number of nitrogens with zero attached hydrogens (tertiary/aromatic N) is 3. The number of H-pyrrole nitrogens is 1. The molecule has 1 atom stereocenters. The summed E-state index contributed by atoms with van der Waals surface area (Å²) in [7, 11) is 0. The molecule has 0 amide bonds. The SMILES string of the molecule is Fc1cc(F)c(-c2[nH]ncc2-c2ccc3ncc(NC[C@H]4CCCCN4)cc3n2)cc1Cl. The molecule has 1 fully saturated rings. The third-order valence-electron chi connectivity index (χ3n) is 5.70. The largest absolute Gasteiger partial charge is 0.382 e. The number of anilines is 1. The van der Waals surface area contributed by atoms with Crippen LogP contribution in [0.5, 0.6) is 0 Å². The third kappa shape index (κ3) is 4.16. The van der Waals surface area contributed by atoms with Crippen molar-refractivity contribution < 1.29 is 8.78 Å². The van der Waals surface area contributed by atoms with Crippen molar-refractivity contribution in [3.05, 3.63) is 59.4 Å². The molecule has 3 aromatic heterocycles. The first-order valence-electron chi connectivity index (χ1n) is 10.5. The van der Waals surface area contributed by atoms with Crippen molar-refractivity contribution in [2.45, 2.75) is 25.3 Å². The first-order valence-corrected chi connectivity index (χ1v) is 10.9. The average Bonchev–Trinajstić information content (AvgIpc) is 3.30. The van der Waals surface area contributed by atoms with E-state index in [1.807, 2.05) is 12.1 Å². The second kappa shape index (κ2) is 8.80. The first-order chi connectivity index (χ1) is 15.6. The maximum Gasteiger partial charge on any atom is 0.144 e. The molecule has 3 N–H and O–H groups in total. The molecule has 5 rings (SSSR count). The quantitative estimate of drug-likeness (QED) is 0.362. The molecular weight excluding hydrogens is 434 g/mol. The minimum atomic E-state index is -0.813. The van der Waals surface area contributed by atoms with Crippen molar-refractivity contribution in [2.75, 3.05) is 18.4 Å². The molecule has 0 spiro atoms. The molecule has 4 heterocycles. The number of rotatable bonds is 5. The van der Waals surface area contributed by atoms with Gasteiger partial charge in [-0.1, -0.05) is 18.0 Å². The van der Waals surface area contributed by atoms with Crippen molar-refractivity contribution in [3.63, 3.8) is 0 Å². The lowest BCUT2D eigenvalue weighted by Gasteiger charge is -2.24. The highest BCUT2D eigenvalue weighted by molar-refractivity contribution is 6.31. The van der Waals surface area contributed by atoms with Crippen LogP contribution in [0.15, 0.2) is 42.7 Å². The van der Waals surface area contributed by atoms with E-state index >= 15 is 0 Å². The lowest BCUT2D eigenvalue weighted by atomic mass is 10.0. The Kier molecular flexibility index (Phi) is 5.71. The van der Waals surface area contributed by atoms with Gasteiger partial charge in [0.05, 0.1) is 45.5 Å². The Bertz CT molecular complexity index is 1270. The fourth-order valence-corrected chi connectivity index (χ4v) is 4.16. The van der Waals surface area contributed by atoms with E-state index in [9.17, 15) is 8.78 Å². The second-order valence-corrected chi connectivity index (χ2v) is 8.30. The predicted molar refractivity (Wildman–Crippen MR) is 122 cm³/mol. The normalized spacial score (nSPS) is 16.4. The van der Waals surface area contributed by atoms with E-state index in [1.165, 1.54) is 18.9 Å². The predicted octanol–water partition coefficient (Wildman–Crippen LogP) is 5.17. The number of hydrogen-bond donors (Lipinski definition) is 3. The molecule has 6 nitrogen and oxygen atoms in total. The van der Waals surface area contributed by atoms with Crippen LogP contribution in [-0.2, 0) is 0 Å². The van der Waals surface area contributed by atoms with E-state index in [4.69, 9.17) is 16.6 Å². The molecule has 0 bridgehead atoms. The molecule has 32 heavy (non-hydrogen) atoms. The highest BCUT2D eigenvalue weighted by atomic mass is 35.5. The summed E-state index contributed by atoms with van der Waals surface area (Å²) in [4.78, 5) is 9.22. The molecule has 1 aromatic carbocycles. The van der Waals surface area contributed by atoms with Crippen LogP contribution in [0.2, 0.25) is 5.02 Å². The van der Waals surface area contributed by atoms with Crippen LogP contribution in [0.4, 0.5) is 14.5 Å². The van der Waals surface area contributed by atoms with E-state index in [2.05, 4.69) is 25.8 Å². The van der Waals surface area contributed by atoms with Gasteiger partial charge in [0, 0.05) is 29.8 Å². The topological polar surface area (TPSA) is 78.5 Å². The van der Waals surface area contributed by atoms with Crippen LogP contribution in [0.1, 0.15) is 19.3 Å². The van der Waals surface area contributed by atoms with Gasteiger partial charge in [0.1, 0.15) is 11.6 Å². The summed E-state index contributed by atoms with van der Waals surface area (Å²) in [5, 5.41) is 13.6. The van der Waals surface area contributed by atoms with E-state index in [0.29, 0.717) is 28.5 Å². The van der Waals surface area contributed by atoms with Crippen LogP contribution in [0.25, 0.3) is 33.5 Å². The van der Waals surface area contributed by atoms with Crippen molar-refractivity contribution in [3.8, 4) is 22.5 Å². The standard InChI is InChI=1S/C23H21ClF2N6/c24-17-8-15(18(25)9-19(17)26)23-16(12-30-32-23)20-4-5-21-22(31-20)7-14(11-29-21)28-10-13-3-1-2-6-27-13/h4-5,7-9,11-13,27-28H,1-3,6,10H2,(H,30,32)/t13-/m1/s1. The van der Waals surface area contributed by atoms with E-state index in [0.717, 1.165) is 36.8 Å². The molecule has 4 aromatic rings. The Balaban J connectivity index is 1.45. The van der Waals surface area contributed by atoms with E-state index < -0.39 is 11.6 Å². The van der Waals surface area contributed by atoms with Crippen molar-refractivity contribution in [1.82, 2.24) is 25.5 Å². The number of halogens is 3.